The fraction of sp³-hybridized carbons (Fsp3) is 0.632. The number of hydrogen-bond donors (Lipinski definition) is 0. The van der Waals surface area contributed by atoms with Gasteiger partial charge < -0.3 is 9.42 Å². The first kappa shape index (κ1) is 18.0. The lowest BCUT2D eigenvalue weighted by Crippen LogP contribution is -2.44. The summed E-state index contributed by atoms with van der Waals surface area (Å²) in [6.07, 6.45) is 7.60. The van der Waals surface area contributed by atoms with Crippen LogP contribution in [0.25, 0.3) is 0 Å². The maximum absolute atomic E-state index is 12.6. The second-order valence-corrected chi connectivity index (χ2v) is 8.20. The van der Waals surface area contributed by atoms with Crippen molar-refractivity contribution in [2.24, 2.45) is 5.41 Å². The summed E-state index contributed by atoms with van der Waals surface area (Å²) in [5.74, 6) is 1.75. The molecule has 0 radical (unpaired) electrons. The lowest BCUT2D eigenvalue weighted by Gasteiger charge is -2.39. The number of carbonyl (C=O) groups excluding carboxylic acids is 1. The Morgan fingerprint density at radius 1 is 1.26 bits per heavy atom. The van der Waals surface area contributed by atoms with E-state index in [4.69, 9.17) is 4.52 Å². The Morgan fingerprint density at radius 2 is 1.96 bits per heavy atom. The van der Waals surface area contributed by atoms with Crippen molar-refractivity contribution in [1.82, 2.24) is 29.9 Å². The lowest BCUT2D eigenvalue weighted by atomic mass is 9.76. The third-order valence-corrected chi connectivity index (χ3v) is 5.91. The molecule has 4 rings (SSSR count). The fourth-order valence-corrected chi connectivity index (χ4v) is 4.31. The van der Waals surface area contributed by atoms with Crippen LogP contribution in [0.2, 0.25) is 0 Å². The molecule has 1 amide bonds. The SMILES string of the molecule is CC(C)c1nc(C2CC3(CCN(C(=O)c4cncnc4)CC3)CN2C)no1. The van der Waals surface area contributed by atoms with Crippen molar-refractivity contribution in [1.29, 1.82) is 0 Å². The van der Waals surface area contributed by atoms with Gasteiger partial charge in [0.05, 0.1) is 11.6 Å². The summed E-state index contributed by atoms with van der Waals surface area (Å²) in [7, 11) is 2.13. The van der Waals surface area contributed by atoms with Gasteiger partial charge >= 0.3 is 0 Å². The summed E-state index contributed by atoms with van der Waals surface area (Å²) in [6, 6.07) is 0.186. The van der Waals surface area contributed by atoms with Crippen LogP contribution < -0.4 is 0 Å². The zero-order chi connectivity index (χ0) is 19.0. The highest BCUT2D eigenvalue weighted by atomic mass is 16.5. The van der Waals surface area contributed by atoms with Crippen molar-refractivity contribution in [3.8, 4) is 0 Å². The molecule has 2 aromatic rings. The summed E-state index contributed by atoms with van der Waals surface area (Å²) in [4.78, 5) is 29.4. The molecule has 0 aliphatic carbocycles. The smallest absolute Gasteiger partial charge is 0.256 e. The number of aromatic nitrogens is 4. The van der Waals surface area contributed by atoms with E-state index in [0.29, 0.717) is 11.5 Å². The van der Waals surface area contributed by atoms with Gasteiger partial charge in [-0.2, -0.15) is 4.98 Å². The van der Waals surface area contributed by atoms with E-state index in [1.807, 2.05) is 4.90 Å². The van der Waals surface area contributed by atoms with Gasteiger partial charge in [0.1, 0.15) is 6.33 Å². The number of carbonyl (C=O) groups is 1. The van der Waals surface area contributed by atoms with E-state index in [0.717, 1.165) is 44.7 Å². The number of piperidine rings is 1. The Kier molecular flexibility index (Phi) is 4.67. The molecule has 2 saturated heterocycles. The van der Waals surface area contributed by atoms with Gasteiger partial charge in [0.2, 0.25) is 5.89 Å². The predicted octanol–water partition coefficient (Wildman–Crippen LogP) is 2.28. The molecule has 0 saturated carbocycles. The highest BCUT2D eigenvalue weighted by molar-refractivity contribution is 5.93. The van der Waals surface area contributed by atoms with Crippen LogP contribution in [0.15, 0.2) is 23.2 Å². The largest absolute Gasteiger partial charge is 0.339 e. The molecule has 2 fully saturated rings. The van der Waals surface area contributed by atoms with E-state index in [9.17, 15) is 4.79 Å². The van der Waals surface area contributed by atoms with Gasteiger partial charge in [-0.25, -0.2) is 9.97 Å². The minimum atomic E-state index is 0.0214. The van der Waals surface area contributed by atoms with Crippen LogP contribution in [0.1, 0.15) is 67.1 Å². The molecule has 1 unspecified atom stereocenters. The predicted molar refractivity (Wildman–Crippen MR) is 98.0 cm³/mol. The molecule has 144 valence electrons. The molecule has 1 atom stereocenters. The van der Waals surface area contributed by atoms with Crippen LogP contribution in [-0.2, 0) is 0 Å². The zero-order valence-corrected chi connectivity index (χ0v) is 16.1. The van der Waals surface area contributed by atoms with Gasteiger partial charge in [0, 0.05) is 37.9 Å². The van der Waals surface area contributed by atoms with Crippen molar-refractivity contribution >= 4 is 5.91 Å². The normalized spacial score (nSPS) is 22.7. The van der Waals surface area contributed by atoms with E-state index in [2.05, 4.69) is 45.9 Å². The molecule has 0 aromatic carbocycles. The van der Waals surface area contributed by atoms with Crippen LogP contribution in [0, 0.1) is 5.41 Å². The Hall–Kier alpha value is -2.35. The second-order valence-electron chi connectivity index (χ2n) is 8.20. The summed E-state index contributed by atoms with van der Waals surface area (Å²) >= 11 is 0. The Morgan fingerprint density at radius 3 is 2.59 bits per heavy atom. The zero-order valence-electron chi connectivity index (χ0n) is 16.1. The first-order valence-corrected chi connectivity index (χ1v) is 9.55. The number of amides is 1. The highest BCUT2D eigenvalue weighted by Crippen LogP contribution is 2.47. The van der Waals surface area contributed by atoms with Crippen molar-refractivity contribution in [2.75, 3.05) is 26.7 Å². The van der Waals surface area contributed by atoms with Crippen molar-refractivity contribution in [2.45, 2.75) is 45.1 Å². The number of rotatable bonds is 3. The number of likely N-dealkylation sites (tertiary alicyclic amines) is 2. The van der Waals surface area contributed by atoms with Crippen LogP contribution >= 0.6 is 0 Å². The average molecular weight is 370 g/mol. The van der Waals surface area contributed by atoms with Crippen LogP contribution in [0.5, 0.6) is 0 Å². The number of hydrogen-bond acceptors (Lipinski definition) is 7. The molecule has 0 N–H and O–H groups in total. The van der Waals surface area contributed by atoms with Crippen molar-refractivity contribution < 1.29 is 9.32 Å². The molecule has 8 nitrogen and oxygen atoms in total. The Balaban J connectivity index is 1.42. The molecule has 1 spiro atoms. The van der Waals surface area contributed by atoms with Gasteiger partial charge in [-0.05, 0) is 31.7 Å². The minimum absolute atomic E-state index is 0.0214. The van der Waals surface area contributed by atoms with Crippen LogP contribution in [0.4, 0.5) is 0 Å². The van der Waals surface area contributed by atoms with Crippen molar-refractivity contribution in [3.63, 3.8) is 0 Å². The second kappa shape index (κ2) is 6.99. The standard InChI is InChI=1S/C19H26N6O2/c1-13(2)17-22-16(23-27-17)15-8-19(11-24(15)3)4-6-25(7-5-19)18(26)14-9-20-12-21-10-14/h9-10,12-13,15H,4-8,11H2,1-3H3. The Labute approximate surface area is 159 Å². The van der Waals surface area contributed by atoms with Gasteiger partial charge in [-0.3, -0.25) is 9.69 Å². The topological polar surface area (TPSA) is 88.3 Å². The van der Waals surface area contributed by atoms with Gasteiger partial charge in [-0.15, -0.1) is 0 Å². The van der Waals surface area contributed by atoms with E-state index < -0.39 is 0 Å². The average Bonchev–Trinajstić information content (AvgIpc) is 3.28. The lowest BCUT2D eigenvalue weighted by molar-refractivity contribution is 0.0592. The van der Waals surface area contributed by atoms with Gasteiger partial charge in [0.25, 0.3) is 5.91 Å². The molecule has 8 heteroatoms. The van der Waals surface area contributed by atoms with E-state index in [1.54, 1.807) is 12.4 Å². The first-order chi connectivity index (χ1) is 13.0. The highest BCUT2D eigenvalue weighted by Gasteiger charge is 2.46. The third kappa shape index (κ3) is 3.45. The monoisotopic (exact) mass is 370 g/mol. The third-order valence-electron chi connectivity index (χ3n) is 5.91. The fourth-order valence-electron chi connectivity index (χ4n) is 4.31. The van der Waals surface area contributed by atoms with Crippen LogP contribution in [0.3, 0.4) is 0 Å². The summed E-state index contributed by atoms with van der Waals surface area (Å²) in [6.45, 7) is 6.64. The molecule has 2 aliphatic heterocycles. The van der Waals surface area contributed by atoms with Gasteiger partial charge in [0.15, 0.2) is 5.82 Å². The van der Waals surface area contributed by atoms with E-state index in [1.165, 1.54) is 6.33 Å². The summed E-state index contributed by atoms with van der Waals surface area (Å²) < 4.78 is 5.41. The summed E-state index contributed by atoms with van der Waals surface area (Å²) in [5, 5.41) is 4.22. The maximum atomic E-state index is 12.6. The van der Waals surface area contributed by atoms with E-state index in [-0.39, 0.29) is 23.3 Å². The van der Waals surface area contributed by atoms with Gasteiger partial charge in [-0.1, -0.05) is 19.0 Å². The Bertz CT molecular complexity index is 798. The summed E-state index contributed by atoms with van der Waals surface area (Å²) in [5.41, 5.74) is 0.769. The maximum Gasteiger partial charge on any atom is 0.256 e. The molecular weight excluding hydrogens is 344 g/mol. The molecule has 27 heavy (non-hydrogen) atoms. The molecule has 0 bridgehead atoms. The molecular formula is C19H26N6O2. The quantitative estimate of drug-likeness (QED) is 0.819. The molecule has 4 heterocycles. The van der Waals surface area contributed by atoms with Crippen molar-refractivity contribution in [3.05, 3.63) is 36.0 Å². The molecule has 2 aromatic heterocycles. The number of nitrogens with zero attached hydrogens (tertiary/aromatic N) is 6. The minimum Gasteiger partial charge on any atom is -0.339 e. The van der Waals surface area contributed by atoms with E-state index >= 15 is 0 Å². The van der Waals surface area contributed by atoms with Crippen LogP contribution in [-0.4, -0.2) is 62.5 Å². The first-order valence-electron chi connectivity index (χ1n) is 9.55. The molecule has 2 aliphatic rings.